The van der Waals surface area contributed by atoms with E-state index in [0.29, 0.717) is 21.5 Å². The summed E-state index contributed by atoms with van der Waals surface area (Å²) in [5.41, 5.74) is 3.78. The number of furan rings is 1. The Morgan fingerprint density at radius 1 is 1.36 bits per heavy atom. The average Bonchev–Trinajstić information content (AvgIpc) is 3.23. The predicted octanol–water partition coefficient (Wildman–Crippen LogP) is 3.10. The molecule has 10 heteroatoms. The van der Waals surface area contributed by atoms with Gasteiger partial charge < -0.3 is 9.40 Å². The van der Waals surface area contributed by atoms with E-state index in [9.17, 15) is 14.9 Å². The van der Waals surface area contributed by atoms with E-state index >= 15 is 0 Å². The third kappa shape index (κ3) is 3.63. The highest BCUT2D eigenvalue weighted by molar-refractivity contribution is 9.10. The molecule has 2 N–H and O–H groups in total. The molecule has 0 saturated carbocycles. The van der Waals surface area contributed by atoms with Gasteiger partial charge in [-0.05, 0) is 34.1 Å². The predicted molar refractivity (Wildman–Crippen MR) is 92.1 cm³/mol. The third-order valence-electron chi connectivity index (χ3n) is 3.21. The molecule has 1 amide bonds. The number of aromatic amines is 1. The van der Waals surface area contributed by atoms with Crippen LogP contribution in [0.15, 0.2) is 57.0 Å². The van der Waals surface area contributed by atoms with Crippen LogP contribution in [0.5, 0.6) is 0 Å². The monoisotopic (exact) mass is 403 g/mol. The van der Waals surface area contributed by atoms with Crippen LogP contribution in [0, 0.1) is 10.1 Å². The topological polar surface area (TPSA) is 126 Å². The van der Waals surface area contributed by atoms with Crippen molar-refractivity contribution in [1.29, 1.82) is 0 Å². The largest absolute Gasteiger partial charge is 0.464 e. The Hall–Kier alpha value is -3.27. The minimum atomic E-state index is -0.482. The van der Waals surface area contributed by atoms with Gasteiger partial charge in [0.25, 0.3) is 11.6 Å². The summed E-state index contributed by atoms with van der Waals surface area (Å²) in [7, 11) is 0. The third-order valence-corrected chi connectivity index (χ3v) is 3.82. The van der Waals surface area contributed by atoms with Crippen LogP contribution in [0.1, 0.15) is 16.1 Å². The van der Waals surface area contributed by atoms with Crippen LogP contribution in [0.4, 0.5) is 5.69 Å². The van der Waals surface area contributed by atoms with Crippen molar-refractivity contribution >= 4 is 33.7 Å². The SMILES string of the molecule is O=C(NN=Cc1ccoc1-c1ccc([N+](=O)[O-])cc1)c1nc[nH]c1Br. The van der Waals surface area contributed by atoms with Gasteiger partial charge in [0.15, 0.2) is 5.69 Å². The Morgan fingerprint density at radius 2 is 2.12 bits per heavy atom. The number of nitro groups is 1. The summed E-state index contributed by atoms with van der Waals surface area (Å²) in [5.74, 6) is -0.00129. The Balaban J connectivity index is 1.74. The van der Waals surface area contributed by atoms with Crippen LogP contribution in [-0.2, 0) is 0 Å². The highest BCUT2D eigenvalue weighted by Crippen LogP contribution is 2.25. The van der Waals surface area contributed by atoms with Crippen molar-refractivity contribution < 1.29 is 14.1 Å². The fourth-order valence-corrected chi connectivity index (χ4v) is 2.43. The van der Waals surface area contributed by atoms with Crippen molar-refractivity contribution in [3.63, 3.8) is 0 Å². The molecule has 2 heterocycles. The lowest BCUT2D eigenvalue weighted by atomic mass is 10.1. The number of nitro benzene ring substituents is 1. The molecule has 0 radical (unpaired) electrons. The maximum Gasteiger partial charge on any atom is 0.292 e. The van der Waals surface area contributed by atoms with Gasteiger partial charge >= 0.3 is 0 Å². The summed E-state index contributed by atoms with van der Waals surface area (Å²) in [4.78, 5) is 28.7. The molecule has 126 valence electrons. The standard InChI is InChI=1S/C15H10BrN5O4/c16-14-12(17-8-18-14)15(22)20-19-7-10-5-6-25-13(10)9-1-3-11(4-2-9)21(23)24/h1-8H,(H,17,18)(H,20,22). The quantitative estimate of drug-likeness (QED) is 0.384. The number of carbonyl (C=O) groups excluding carboxylic acids is 1. The van der Waals surface area contributed by atoms with Gasteiger partial charge in [0.1, 0.15) is 10.4 Å². The number of hydrogen-bond donors (Lipinski definition) is 2. The number of carbonyl (C=O) groups is 1. The number of non-ortho nitro benzene ring substituents is 1. The van der Waals surface area contributed by atoms with E-state index in [2.05, 4.69) is 36.4 Å². The van der Waals surface area contributed by atoms with E-state index in [1.807, 2.05) is 0 Å². The van der Waals surface area contributed by atoms with E-state index in [1.165, 1.54) is 30.9 Å². The zero-order chi connectivity index (χ0) is 17.8. The molecule has 0 aliphatic carbocycles. The summed E-state index contributed by atoms with van der Waals surface area (Å²) in [6, 6.07) is 7.59. The number of hydrogen-bond acceptors (Lipinski definition) is 6. The molecule has 25 heavy (non-hydrogen) atoms. The molecule has 0 atom stereocenters. The molecule has 0 unspecified atom stereocenters. The number of aromatic nitrogens is 2. The number of amides is 1. The first-order valence-corrected chi connectivity index (χ1v) is 7.70. The van der Waals surface area contributed by atoms with Gasteiger partial charge in [-0.15, -0.1) is 0 Å². The van der Waals surface area contributed by atoms with E-state index in [-0.39, 0.29) is 11.4 Å². The molecular formula is C15H10BrN5O4. The van der Waals surface area contributed by atoms with Crippen molar-refractivity contribution in [3.05, 3.63) is 68.9 Å². The number of benzene rings is 1. The lowest BCUT2D eigenvalue weighted by Crippen LogP contribution is -2.18. The van der Waals surface area contributed by atoms with Gasteiger partial charge in [-0.2, -0.15) is 5.10 Å². The second-order valence-corrected chi connectivity index (χ2v) is 5.57. The van der Waals surface area contributed by atoms with E-state index in [4.69, 9.17) is 4.42 Å². The van der Waals surface area contributed by atoms with Gasteiger partial charge in [-0.3, -0.25) is 14.9 Å². The smallest absolute Gasteiger partial charge is 0.292 e. The summed E-state index contributed by atoms with van der Waals surface area (Å²) in [5, 5.41) is 14.6. The molecule has 3 rings (SSSR count). The summed E-state index contributed by atoms with van der Waals surface area (Å²) in [6.07, 6.45) is 4.26. The molecule has 1 aromatic carbocycles. The van der Waals surface area contributed by atoms with E-state index in [1.54, 1.807) is 18.2 Å². The highest BCUT2D eigenvalue weighted by Gasteiger charge is 2.13. The van der Waals surface area contributed by atoms with Gasteiger partial charge in [0.05, 0.1) is 23.7 Å². The number of rotatable bonds is 5. The number of H-pyrrole nitrogens is 1. The minimum Gasteiger partial charge on any atom is -0.464 e. The van der Waals surface area contributed by atoms with Crippen LogP contribution < -0.4 is 5.43 Å². The molecule has 0 bridgehead atoms. The number of hydrazone groups is 1. The molecule has 0 saturated heterocycles. The molecule has 0 aliphatic heterocycles. The number of halogens is 1. The summed E-state index contributed by atoms with van der Waals surface area (Å²) >= 11 is 3.16. The maximum absolute atomic E-state index is 11.9. The van der Waals surface area contributed by atoms with E-state index in [0.717, 1.165) is 0 Å². The molecule has 9 nitrogen and oxygen atoms in total. The fourth-order valence-electron chi connectivity index (χ4n) is 2.04. The average molecular weight is 404 g/mol. The first-order valence-electron chi connectivity index (χ1n) is 6.91. The number of nitrogens with zero attached hydrogens (tertiary/aromatic N) is 3. The van der Waals surface area contributed by atoms with Crippen LogP contribution >= 0.6 is 15.9 Å². The molecular weight excluding hydrogens is 394 g/mol. The summed E-state index contributed by atoms with van der Waals surface area (Å²) < 4.78 is 5.86. The first kappa shape index (κ1) is 16.6. The van der Waals surface area contributed by atoms with Crippen molar-refractivity contribution in [2.24, 2.45) is 5.10 Å². The van der Waals surface area contributed by atoms with Crippen LogP contribution in [0.3, 0.4) is 0 Å². The lowest BCUT2D eigenvalue weighted by Gasteiger charge is -1.99. The van der Waals surface area contributed by atoms with Crippen molar-refractivity contribution in [2.45, 2.75) is 0 Å². The zero-order valence-electron chi connectivity index (χ0n) is 12.5. The maximum atomic E-state index is 11.9. The highest BCUT2D eigenvalue weighted by atomic mass is 79.9. The Morgan fingerprint density at radius 3 is 2.76 bits per heavy atom. The van der Waals surface area contributed by atoms with Crippen molar-refractivity contribution in [1.82, 2.24) is 15.4 Å². The second-order valence-electron chi connectivity index (χ2n) is 4.77. The minimum absolute atomic E-state index is 0.0117. The van der Waals surface area contributed by atoms with Gasteiger partial charge in [-0.25, -0.2) is 10.4 Å². The van der Waals surface area contributed by atoms with Crippen LogP contribution in [0.2, 0.25) is 0 Å². The Kier molecular flexibility index (Phi) is 4.70. The Labute approximate surface area is 149 Å². The molecule has 0 aliphatic rings. The molecule has 0 fully saturated rings. The first-order chi connectivity index (χ1) is 12.1. The lowest BCUT2D eigenvalue weighted by molar-refractivity contribution is -0.384. The molecule has 0 spiro atoms. The van der Waals surface area contributed by atoms with Gasteiger partial charge in [0.2, 0.25) is 0 Å². The normalized spacial score (nSPS) is 10.9. The van der Waals surface area contributed by atoms with E-state index < -0.39 is 10.8 Å². The van der Waals surface area contributed by atoms with Crippen molar-refractivity contribution in [2.75, 3.05) is 0 Å². The zero-order valence-corrected chi connectivity index (χ0v) is 14.1. The van der Waals surface area contributed by atoms with Gasteiger partial charge in [0, 0.05) is 23.3 Å². The summed E-state index contributed by atoms with van der Waals surface area (Å²) in [6.45, 7) is 0. The molecule has 2 aromatic heterocycles. The van der Waals surface area contributed by atoms with Crippen LogP contribution in [0.25, 0.3) is 11.3 Å². The molecule has 3 aromatic rings. The van der Waals surface area contributed by atoms with Gasteiger partial charge in [-0.1, -0.05) is 0 Å². The number of imidazole rings is 1. The Bertz CT molecular complexity index is 945. The van der Waals surface area contributed by atoms with Crippen LogP contribution in [-0.4, -0.2) is 27.0 Å². The second kappa shape index (κ2) is 7.09. The van der Waals surface area contributed by atoms with Crippen molar-refractivity contribution in [3.8, 4) is 11.3 Å². The number of nitrogens with one attached hydrogen (secondary N) is 2. The fraction of sp³-hybridized carbons (Fsp3) is 0.